The summed E-state index contributed by atoms with van der Waals surface area (Å²) in [5.41, 5.74) is 2.97. The van der Waals surface area contributed by atoms with E-state index in [9.17, 15) is 9.59 Å². The first kappa shape index (κ1) is 16.8. The lowest BCUT2D eigenvalue weighted by atomic mass is 10.1. The van der Waals surface area contributed by atoms with Gasteiger partial charge in [-0.3, -0.25) is 9.59 Å². The molecule has 1 aliphatic rings. The van der Waals surface area contributed by atoms with Crippen molar-refractivity contribution in [2.24, 2.45) is 0 Å². The van der Waals surface area contributed by atoms with Crippen LogP contribution < -0.4 is 10.1 Å². The molecule has 128 valence electrons. The van der Waals surface area contributed by atoms with E-state index in [-0.39, 0.29) is 19.1 Å². The number of rotatable bonds is 6. The van der Waals surface area contributed by atoms with Crippen LogP contribution in [0.5, 0.6) is 5.75 Å². The van der Waals surface area contributed by atoms with Crippen LogP contribution in [0.15, 0.2) is 54.6 Å². The first-order valence-corrected chi connectivity index (χ1v) is 8.12. The second-order valence-corrected chi connectivity index (χ2v) is 5.66. The number of fused-ring (bicyclic) bond motifs is 1. The maximum atomic E-state index is 11.8. The van der Waals surface area contributed by atoms with Gasteiger partial charge in [0.05, 0.1) is 6.61 Å². The van der Waals surface area contributed by atoms with Crippen LogP contribution in [0.2, 0.25) is 0 Å². The Morgan fingerprint density at radius 1 is 1.16 bits per heavy atom. The third kappa shape index (κ3) is 4.94. The monoisotopic (exact) mass is 337 g/mol. The van der Waals surface area contributed by atoms with Gasteiger partial charge in [-0.1, -0.05) is 36.4 Å². The van der Waals surface area contributed by atoms with Crippen LogP contribution in [0.4, 0.5) is 0 Å². The molecule has 2 aromatic carbocycles. The van der Waals surface area contributed by atoms with Crippen molar-refractivity contribution in [1.29, 1.82) is 0 Å². The Morgan fingerprint density at radius 2 is 2.00 bits per heavy atom. The van der Waals surface area contributed by atoms with Gasteiger partial charge < -0.3 is 14.8 Å². The first-order chi connectivity index (χ1) is 12.2. The molecule has 0 atom stereocenters. The highest BCUT2D eigenvalue weighted by molar-refractivity contribution is 5.93. The fourth-order valence-corrected chi connectivity index (χ4v) is 2.49. The third-order valence-corrected chi connectivity index (χ3v) is 3.79. The summed E-state index contributed by atoms with van der Waals surface area (Å²) in [6.45, 7) is 0.741. The Balaban J connectivity index is 1.42. The van der Waals surface area contributed by atoms with Gasteiger partial charge in [0.25, 0.3) is 0 Å². The van der Waals surface area contributed by atoms with E-state index in [1.807, 2.05) is 48.5 Å². The van der Waals surface area contributed by atoms with Crippen LogP contribution in [0.25, 0.3) is 6.08 Å². The van der Waals surface area contributed by atoms with Gasteiger partial charge >= 0.3 is 5.97 Å². The van der Waals surface area contributed by atoms with Crippen molar-refractivity contribution in [1.82, 2.24) is 5.32 Å². The summed E-state index contributed by atoms with van der Waals surface area (Å²) in [6.07, 6.45) is 4.00. The molecule has 0 saturated carbocycles. The molecule has 0 saturated heterocycles. The lowest BCUT2D eigenvalue weighted by Crippen LogP contribution is -2.29. The summed E-state index contributed by atoms with van der Waals surface area (Å²) in [5.74, 6) is 0.0939. The number of nitrogens with one attached hydrogen (secondary N) is 1. The van der Waals surface area contributed by atoms with Crippen LogP contribution in [0, 0.1) is 0 Å². The number of carbonyl (C=O) groups excluding carboxylic acids is 2. The number of carbonyl (C=O) groups is 2. The van der Waals surface area contributed by atoms with Crippen LogP contribution >= 0.6 is 0 Å². The largest absolute Gasteiger partial charge is 0.493 e. The van der Waals surface area contributed by atoms with Crippen molar-refractivity contribution >= 4 is 18.0 Å². The summed E-state index contributed by atoms with van der Waals surface area (Å²) in [5, 5.41) is 2.52. The second kappa shape index (κ2) is 8.15. The van der Waals surface area contributed by atoms with E-state index in [0.717, 1.165) is 28.9 Å². The molecule has 25 heavy (non-hydrogen) atoms. The predicted octanol–water partition coefficient (Wildman–Crippen LogP) is 2.49. The fraction of sp³-hybridized carbons (Fsp3) is 0.200. The van der Waals surface area contributed by atoms with Crippen LogP contribution in [-0.2, 0) is 27.4 Å². The Kier molecular flexibility index (Phi) is 5.46. The number of amides is 1. The molecular weight excluding hydrogens is 318 g/mol. The molecule has 0 spiro atoms. The van der Waals surface area contributed by atoms with Crippen molar-refractivity contribution < 1.29 is 19.1 Å². The van der Waals surface area contributed by atoms with Crippen LogP contribution in [-0.4, -0.2) is 25.0 Å². The minimum atomic E-state index is -0.472. The molecule has 0 fully saturated rings. The average Bonchev–Trinajstić information content (AvgIpc) is 3.11. The average molecular weight is 337 g/mol. The fourth-order valence-electron chi connectivity index (χ4n) is 2.49. The number of hydrogen-bond acceptors (Lipinski definition) is 4. The molecular formula is C20H19NO4. The number of hydrogen-bond donors (Lipinski definition) is 1. The Labute approximate surface area is 146 Å². The zero-order chi connectivity index (χ0) is 17.5. The van der Waals surface area contributed by atoms with Crippen molar-refractivity contribution in [3.05, 3.63) is 71.3 Å². The van der Waals surface area contributed by atoms with E-state index >= 15 is 0 Å². The first-order valence-electron chi connectivity index (χ1n) is 8.12. The Bertz CT molecular complexity index is 784. The summed E-state index contributed by atoms with van der Waals surface area (Å²) >= 11 is 0. The molecule has 0 bridgehead atoms. The zero-order valence-electron chi connectivity index (χ0n) is 13.7. The maximum Gasteiger partial charge on any atom is 0.325 e. The highest BCUT2D eigenvalue weighted by Gasteiger charge is 2.11. The third-order valence-electron chi connectivity index (χ3n) is 3.79. The van der Waals surface area contributed by atoms with Gasteiger partial charge in [-0.2, -0.15) is 0 Å². The molecule has 5 heteroatoms. The normalized spacial score (nSPS) is 12.5. The molecule has 0 unspecified atom stereocenters. The molecule has 0 aliphatic carbocycles. The van der Waals surface area contributed by atoms with E-state index in [4.69, 9.17) is 9.47 Å². The van der Waals surface area contributed by atoms with Gasteiger partial charge in [0.15, 0.2) is 0 Å². The molecule has 2 aromatic rings. The minimum Gasteiger partial charge on any atom is -0.493 e. The smallest absolute Gasteiger partial charge is 0.325 e. The lowest BCUT2D eigenvalue weighted by molar-refractivity contribution is -0.144. The number of esters is 1. The Morgan fingerprint density at radius 3 is 2.84 bits per heavy atom. The van der Waals surface area contributed by atoms with E-state index in [1.54, 1.807) is 6.08 Å². The summed E-state index contributed by atoms with van der Waals surface area (Å²) in [6, 6.07) is 15.2. The molecule has 1 N–H and O–H groups in total. The Hall–Kier alpha value is -3.08. The molecule has 1 aliphatic heterocycles. The van der Waals surface area contributed by atoms with Crippen LogP contribution in [0.3, 0.4) is 0 Å². The van der Waals surface area contributed by atoms with Gasteiger partial charge in [-0.05, 0) is 34.9 Å². The lowest BCUT2D eigenvalue weighted by Gasteiger charge is -2.05. The molecule has 0 aromatic heterocycles. The summed E-state index contributed by atoms with van der Waals surface area (Å²) < 4.78 is 10.5. The molecule has 1 heterocycles. The number of benzene rings is 2. The number of ether oxygens (including phenoxy) is 2. The van der Waals surface area contributed by atoms with Gasteiger partial charge in [-0.15, -0.1) is 0 Å². The van der Waals surface area contributed by atoms with Crippen molar-refractivity contribution in [3.8, 4) is 5.75 Å². The van der Waals surface area contributed by atoms with Gasteiger partial charge in [0.2, 0.25) is 5.91 Å². The molecule has 3 rings (SSSR count). The van der Waals surface area contributed by atoms with Gasteiger partial charge in [-0.25, -0.2) is 0 Å². The van der Waals surface area contributed by atoms with Crippen molar-refractivity contribution in [2.45, 2.75) is 13.0 Å². The topological polar surface area (TPSA) is 64.6 Å². The highest BCUT2D eigenvalue weighted by atomic mass is 16.5. The molecule has 5 nitrogen and oxygen atoms in total. The van der Waals surface area contributed by atoms with E-state index in [1.165, 1.54) is 6.08 Å². The molecule has 0 radical (unpaired) electrons. The quantitative estimate of drug-likeness (QED) is 0.650. The van der Waals surface area contributed by atoms with Gasteiger partial charge in [0, 0.05) is 12.5 Å². The van der Waals surface area contributed by atoms with Gasteiger partial charge in [0.1, 0.15) is 18.9 Å². The minimum absolute atomic E-state index is 0.159. The SMILES string of the molecule is O=C(/C=C/c1ccc2c(c1)CCO2)NCC(=O)OCc1ccccc1. The second-order valence-electron chi connectivity index (χ2n) is 5.66. The van der Waals surface area contributed by atoms with Crippen molar-refractivity contribution in [2.75, 3.05) is 13.2 Å². The van der Waals surface area contributed by atoms with Crippen molar-refractivity contribution in [3.63, 3.8) is 0 Å². The zero-order valence-corrected chi connectivity index (χ0v) is 13.7. The standard InChI is InChI=1S/C20H19NO4/c22-19(9-7-15-6-8-18-17(12-15)10-11-24-18)21-13-20(23)25-14-16-4-2-1-3-5-16/h1-9,12H,10-11,13-14H2,(H,21,22)/b9-7+. The summed E-state index contributed by atoms with van der Waals surface area (Å²) in [7, 11) is 0. The maximum absolute atomic E-state index is 11.8. The van der Waals surface area contributed by atoms with E-state index in [2.05, 4.69) is 5.32 Å². The predicted molar refractivity (Wildman–Crippen MR) is 93.9 cm³/mol. The van der Waals surface area contributed by atoms with E-state index < -0.39 is 5.97 Å². The highest BCUT2D eigenvalue weighted by Crippen LogP contribution is 2.26. The van der Waals surface area contributed by atoms with Crippen LogP contribution in [0.1, 0.15) is 16.7 Å². The molecule has 1 amide bonds. The summed E-state index contributed by atoms with van der Waals surface area (Å²) in [4.78, 5) is 23.4. The van der Waals surface area contributed by atoms with E-state index in [0.29, 0.717) is 6.61 Å².